The average molecular weight is 297 g/mol. The van der Waals surface area contributed by atoms with E-state index in [-0.39, 0.29) is 6.61 Å². The minimum atomic E-state index is 0.233. The maximum Gasteiger partial charge on any atom is 0.100 e. The third kappa shape index (κ3) is 4.37. The van der Waals surface area contributed by atoms with Crippen molar-refractivity contribution in [2.45, 2.75) is 19.8 Å². The molecule has 17 heavy (non-hydrogen) atoms. The van der Waals surface area contributed by atoms with Gasteiger partial charge in [-0.3, -0.25) is 0 Å². The van der Waals surface area contributed by atoms with E-state index >= 15 is 0 Å². The first kappa shape index (κ1) is 14.0. The Labute approximate surface area is 111 Å². The number of benzene rings is 1. The van der Waals surface area contributed by atoms with Crippen LogP contribution in [-0.2, 0) is 0 Å². The number of anilines is 1. The molecule has 0 aliphatic rings. The minimum absolute atomic E-state index is 0.233. The van der Waals surface area contributed by atoms with E-state index in [0.29, 0.717) is 11.5 Å². The molecule has 0 bridgehead atoms. The molecule has 4 heteroatoms. The lowest BCUT2D eigenvalue weighted by Gasteiger charge is -2.15. The van der Waals surface area contributed by atoms with Gasteiger partial charge in [-0.15, -0.1) is 0 Å². The number of aliphatic hydroxyl groups is 1. The molecule has 1 unspecified atom stereocenters. The second-order valence-electron chi connectivity index (χ2n) is 3.97. The second-order valence-corrected chi connectivity index (χ2v) is 4.83. The summed E-state index contributed by atoms with van der Waals surface area (Å²) in [4.78, 5) is 0. The summed E-state index contributed by atoms with van der Waals surface area (Å²) in [5.41, 5.74) is 1.63. The molecular weight excluding hydrogens is 280 g/mol. The maximum atomic E-state index is 8.91. The predicted octanol–water partition coefficient (Wildman–Crippen LogP) is 3.14. The normalized spacial score (nSPS) is 11.9. The first-order valence-corrected chi connectivity index (χ1v) is 6.55. The number of aliphatic hydroxyl groups excluding tert-OH is 1. The summed E-state index contributed by atoms with van der Waals surface area (Å²) in [6, 6.07) is 7.71. The highest BCUT2D eigenvalue weighted by Gasteiger charge is 2.06. The van der Waals surface area contributed by atoms with Gasteiger partial charge in [0, 0.05) is 23.3 Å². The van der Waals surface area contributed by atoms with Gasteiger partial charge in [-0.2, -0.15) is 5.26 Å². The van der Waals surface area contributed by atoms with Crippen LogP contribution < -0.4 is 5.32 Å². The van der Waals surface area contributed by atoms with Gasteiger partial charge in [-0.1, -0.05) is 13.3 Å². The molecule has 0 saturated heterocycles. The highest BCUT2D eigenvalue weighted by molar-refractivity contribution is 9.10. The molecule has 0 spiro atoms. The third-order valence-corrected chi connectivity index (χ3v) is 3.46. The molecule has 0 aliphatic carbocycles. The number of hydrogen-bond acceptors (Lipinski definition) is 3. The van der Waals surface area contributed by atoms with Crippen LogP contribution in [0.3, 0.4) is 0 Å². The van der Waals surface area contributed by atoms with Gasteiger partial charge < -0.3 is 10.4 Å². The van der Waals surface area contributed by atoms with E-state index in [4.69, 9.17) is 10.4 Å². The lowest BCUT2D eigenvalue weighted by atomic mass is 10.0. The van der Waals surface area contributed by atoms with E-state index < -0.39 is 0 Å². The zero-order valence-electron chi connectivity index (χ0n) is 9.91. The smallest absolute Gasteiger partial charge is 0.100 e. The van der Waals surface area contributed by atoms with Crippen LogP contribution in [0.2, 0.25) is 0 Å². The predicted molar refractivity (Wildman–Crippen MR) is 72.8 cm³/mol. The van der Waals surface area contributed by atoms with E-state index in [1.165, 1.54) is 0 Å². The molecule has 0 heterocycles. The highest BCUT2D eigenvalue weighted by atomic mass is 79.9. The maximum absolute atomic E-state index is 8.91. The van der Waals surface area contributed by atoms with E-state index in [2.05, 4.69) is 34.2 Å². The Hall–Kier alpha value is -1.05. The summed E-state index contributed by atoms with van der Waals surface area (Å²) >= 11 is 3.36. The number of nitrogens with zero attached hydrogens (tertiary/aromatic N) is 1. The van der Waals surface area contributed by atoms with E-state index in [1.54, 1.807) is 6.07 Å². The summed E-state index contributed by atoms with van der Waals surface area (Å²) in [6.07, 6.45) is 1.87. The van der Waals surface area contributed by atoms with Gasteiger partial charge in [0.25, 0.3) is 0 Å². The molecule has 0 amide bonds. The van der Waals surface area contributed by atoms with Crippen LogP contribution >= 0.6 is 15.9 Å². The Morgan fingerprint density at radius 2 is 2.29 bits per heavy atom. The molecule has 0 radical (unpaired) electrons. The van der Waals surface area contributed by atoms with Crippen LogP contribution in [0.15, 0.2) is 22.7 Å². The molecule has 0 fully saturated rings. The van der Waals surface area contributed by atoms with Crippen molar-refractivity contribution in [3.8, 4) is 6.07 Å². The zero-order valence-corrected chi connectivity index (χ0v) is 11.5. The lowest BCUT2D eigenvalue weighted by Crippen LogP contribution is -2.14. The van der Waals surface area contributed by atoms with Crippen molar-refractivity contribution in [1.82, 2.24) is 0 Å². The average Bonchev–Trinajstić information content (AvgIpc) is 2.34. The monoisotopic (exact) mass is 296 g/mol. The fourth-order valence-corrected chi connectivity index (χ4v) is 2.08. The fourth-order valence-electron chi connectivity index (χ4n) is 1.61. The van der Waals surface area contributed by atoms with Crippen molar-refractivity contribution in [3.05, 3.63) is 28.2 Å². The van der Waals surface area contributed by atoms with Crippen molar-refractivity contribution in [2.75, 3.05) is 18.5 Å². The number of hydrogen-bond donors (Lipinski definition) is 2. The Bertz CT molecular complexity index is 401. The second kappa shape index (κ2) is 7.31. The van der Waals surface area contributed by atoms with Crippen LogP contribution in [0, 0.1) is 17.2 Å². The van der Waals surface area contributed by atoms with Gasteiger partial charge in [0.1, 0.15) is 6.07 Å². The van der Waals surface area contributed by atoms with E-state index in [0.717, 1.165) is 29.5 Å². The molecular formula is C13H17BrN2O. The number of rotatable bonds is 6. The van der Waals surface area contributed by atoms with Crippen LogP contribution in [-0.4, -0.2) is 18.3 Å². The van der Waals surface area contributed by atoms with Gasteiger partial charge in [0.05, 0.1) is 5.56 Å². The standard InChI is InChI=1S/C13H17BrN2O/c1-2-10(5-6-17)9-16-12-4-3-11(8-15)13(14)7-12/h3-4,7,10,16-17H,2,5-6,9H2,1H3. The lowest BCUT2D eigenvalue weighted by molar-refractivity contribution is 0.258. The zero-order chi connectivity index (χ0) is 12.7. The SMILES string of the molecule is CCC(CCO)CNc1ccc(C#N)c(Br)c1. The summed E-state index contributed by atoms with van der Waals surface area (Å²) in [5.74, 6) is 0.481. The molecule has 0 aromatic heterocycles. The van der Waals surface area contributed by atoms with Crippen LogP contribution in [0.4, 0.5) is 5.69 Å². The first-order chi connectivity index (χ1) is 8.21. The summed E-state index contributed by atoms with van der Waals surface area (Å²) in [5, 5.41) is 21.0. The van der Waals surface area contributed by atoms with Crippen LogP contribution in [0.1, 0.15) is 25.3 Å². The van der Waals surface area contributed by atoms with Gasteiger partial charge >= 0.3 is 0 Å². The molecule has 2 N–H and O–H groups in total. The molecule has 0 aliphatic heterocycles. The Morgan fingerprint density at radius 1 is 1.53 bits per heavy atom. The number of halogens is 1. The molecule has 92 valence electrons. The van der Waals surface area contributed by atoms with Crippen LogP contribution in [0.25, 0.3) is 0 Å². The van der Waals surface area contributed by atoms with Gasteiger partial charge in [0.15, 0.2) is 0 Å². The summed E-state index contributed by atoms with van der Waals surface area (Å²) in [6.45, 7) is 3.20. The Balaban J connectivity index is 2.58. The van der Waals surface area contributed by atoms with Crippen molar-refractivity contribution >= 4 is 21.6 Å². The van der Waals surface area contributed by atoms with Crippen molar-refractivity contribution in [3.63, 3.8) is 0 Å². The van der Waals surface area contributed by atoms with Gasteiger partial charge in [-0.05, 0) is 46.5 Å². The molecule has 1 atom stereocenters. The van der Waals surface area contributed by atoms with Gasteiger partial charge in [0.2, 0.25) is 0 Å². The fraction of sp³-hybridized carbons (Fsp3) is 0.462. The Morgan fingerprint density at radius 3 is 2.82 bits per heavy atom. The number of nitrogens with one attached hydrogen (secondary N) is 1. The van der Waals surface area contributed by atoms with E-state index in [1.807, 2.05) is 12.1 Å². The summed E-state index contributed by atoms with van der Waals surface area (Å²) in [7, 11) is 0. The first-order valence-electron chi connectivity index (χ1n) is 5.75. The van der Waals surface area contributed by atoms with Crippen molar-refractivity contribution in [2.24, 2.45) is 5.92 Å². The third-order valence-electron chi connectivity index (χ3n) is 2.80. The summed E-state index contributed by atoms with van der Waals surface area (Å²) < 4.78 is 0.806. The quantitative estimate of drug-likeness (QED) is 0.848. The molecule has 1 rings (SSSR count). The van der Waals surface area contributed by atoms with Crippen LogP contribution in [0.5, 0.6) is 0 Å². The highest BCUT2D eigenvalue weighted by Crippen LogP contribution is 2.21. The molecule has 0 saturated carbocycles. The molecule has 1 aromatic rings. The Kier molecular flexibility index (Phi) is 6.03. The molecule has 3 nitrogen and oxygen atoms in total. The van der Waals surface area contributed by atoms with Crippen molar-refractivity contribution in [1.29, 1.82) is 5.26 Å². The minimum Gasteiger partial charge on any atom is -0.396 e. The largest absolute Gasteiger partial charge is 0.396 e. The topological polar surface area (TPSA) is 56.0 Å². The van der Waals surface area contributed by atoms with Crippen molar-refractivity contribution < 1.29 is 5.11 Å². The van der Waals surface area contributed by atoms with E-state index in [9.17, 15) is 0 Å². The molecule has 1 aromatic carbocycles. The number of nitriles is 1. The van der Waals surface area contributed by atoms with Gasteiger partial charge in [-0.25, -0.2) is 0 Å².